The molecule has 4 aliphatic heterocycles. The predicted molar refractivity (Wildman–Crippen MR) is 128 cm³/mol. The number of halogens is 1. The third-order valence-corrected chi connectivity index (χ3v) is 9.48. The first-order valence-electron chi connectivity index (χ1n) is 13.3. The van der Waals surface area contributed by atoms with Gasteiger partial charge in [0.2, 0.25) is 0 Å². The van der Waals surface area contributed by atoms with Gasteiger partial charge in [0.05, 0.1) is 11.9 Å². The van der Waals surface area contributed by atoms with E-state index in [0.717, 1.165) is 51.6 Å². The highest BCUT2D eigenvalue weighted by atomic mass is 32.3. The predicted octanol–water partition coefficient (Wildman–Crippen LogP) is 0.632. The molecule has 6 atom stereocenters. The second-order valence-electron chi connectivity index (χ2n) is 11.2. The molecule has 4 heterocycles. The maximum Gasteiger partial charge on any atom is 0.303 e. The molecule has 0 aromatic heterocycles. The molecule has 1 aliphatic carbocycles. The summed E-state index contributed by atoms with van der Waals surface area (Å²) in [7, 11) is -4.42. The number of hydrogen-bond donors (Lipinski definition) is 4. The summed E-state index contributed by atoms with van der Waals surface area (Å²) in [6.45, 7) is 6.38. The van der Waals surface area contributed by atoms with Crippen molar-refractivity contribution in [1.29, 1.82) is 0 Å². The largest absolute Gasteiger partial charge is 0.316 e. The summed E-state index contributed by atoms with van der Waals surface area (Å²) in [6.07, 6.45) is 10.6. The Labute approximate surface area is 199 Å². The van der Waals surface area contributed by atoms with Gasteiger partial charge in [-0.1, -0.05) is 19.3 Å². The third kappa shape index (κ3) is 6.26. The Balaban J connectivity index is 1.24. The lowest BCUT2D eigenvalue weighted by Crippen LogP contribution is -2.69. The van der Waals surface area contributed by atoms with Crippen LogP contribution in [0.1, 0.15) is 51.4 Å². The van der Waals surface area contributed by atoms with Gasteiger partial charge >= 0.3 is 10.2 Å². The highest BCUT2D eigenvalue weighted by Gasteiger charge is 2.48. The summed E-state index contributed by atoms with van der Waals surface area (Å²) < 4.78 is 35.4. The number of piperidine rings is 1. The molecular weight excluding hydrogens is 443 g/mol. The van der Waals surface area contributed by atoms with Gasteiger partial charge in [-0.2, -0.15) is 8.42 Å². The highest BCUT2D eigenvalue weighted by molar-refractivity contribution is 7.86. The van der Waals surface area contributed by atoms with Crippen molar-refractivity contribution >= 4 is 10.2 Å². The van der Waals surface area contributed by atoms with Crippen molar-refractivity contribution in [2.75, 3.05) is 51.6 Å². The molecule has 8 nitrogen and oxygen atoms in total. The Morgan fingerprint density at radius 3 is 2.55 bits per heavy atom. The maximum absolute atomic E-state index is 13.2. The van der Waals surface area contributed by atoms with Crippen molar-refractivity contribution in [3.05, 3.63) is 0 Å². The van der Waals surface area contributed by atoms with Crippen LogP contribution in [0, 0.1) is 17.8 Å². The molecule has 10 heteroatoms. The highest BCUT2D eigenvalue weighted by Crippen LogP contribution is 2.33. The molecule has 0 spiro atoms. The van der Waals surface area contributed by atoms with Gasteiger partial charge < -0.3 is 10.2 Å². The van der Waals surface area contributed by atoms with Crippen molar-refractivity contribution in [1.82, 2.24) is 31.3 Å². The number of hydrazine groups is 1. The maximum atomic E-state index is 13.2. The monoisotopic (exact) mass is 486 g/mol. The topological polar surface area (TPSA) is 88.7 Å². The SMILES string of the molecule is O=S(=O)(F)CCN1CC2NC(C3CCCCC3)NC(C3CCN(CC4CCCNC4)N3)C2C1. The van der Waals surface area contributed by atoms with Gasteiger partial charge in [-0.05, 0) is 57.0 Å². The number of nitrogens with zero attached hydrogens (tertiary/aromatic N) is 2. The van der Waals surface area contributed by atoms with Crippen LogP contribution >= 0.6 is 0 Å². The second kappa shape index (κ2) is 10.7. The van der Waals surface area contributed by atoms with Crippen LogP contribution < -0.4 is 21.4 Å². The van der Waals surface area contributed by atoms with Crippen LogP contribution in [-0.4, -0.2) is 94.2 Å². The van der Waals surface area contributed by atoms with E-state index in [9.17, 15) is 12.3 Å². The van der Waals surface area contributed by atoms with Gasteiger partial charge in [0, 0.05) is 56.8 Å². The number of likely N-dealkylation sites (tertiary alicyclic amines) is 1. The van der Waals surface area contributed by atoms with E-state index < -0.39 is 16.0 Å². The molecule has 33 heavy (non-hydrogen) atoms. The van der Waals surface area contributed by atoms with Crippen LogP contribution in [0.15, 0.2) is 0 Å². The van der Waals surface area contributed by atoms with Crippen LogP contribution in [-0.2, 0) is 10.2 Å². The van der Waals surface area contributed by atoms with E-state index in [1.165, 1.54) is 44.9 Å². The molecule has 6 unspecified atom stereocenters. The molecule has 4 N–H and O–H groups in total. The van der Waals surface area contributed by atoms with Gasteiger partial charge in [0.1, 0.15) is 0 Å². The first-order valence-corrected chi connectivity index (χ1v) is 14.9. The van der Waals surface area contributed by atoms with Crippen molar-refractivity contribution in [2.45, 2.75) is 75.7 Å². The number of hydrogen-bond acceptors (Lipinski definition) is 8. The Morgan fingerprint density at radius 1 is 0.939 bits per heavy atom. The molecule has 5 aliphatic rings. The second-order valence-corrected chi connectivity index (χ2v) is 12.7. The fourth-order valence-corrected chi connectivity index (χ4v) is 7.57. The molecule has 0 amide bonds. The fourth-order valence-electron chi connectivity index (χ4n) is 7.09. The van der Waals surface area contributed by atoms with Crippen molar-refractivity contribution < 1.29 is 12.3 Å². The molecule has 1 saturated carbocycles. The van der Waals surface area contributed by atoms with Crippen LogP contribution in [0.4, 0.5) is 3.89 Å². The van der Waals surface area contributed by atoms with E-state index in [0.29, 0.717) is 36.1 Å². The van der Waals surface area contributed by atoms with Gasteiger partial charge in [-0.15, -0.1) is 3.89 Å². The molecule has 0 aromatic carbocycles. The van der Waals surface area contributed by atoms with E-state index in [1.54, 1.807) is 0 Å². The normalized spacial score (nSPS) is 39.7. The summed E-state index contributed by atoms with van der Waals surface area (Å²) in [5.41, 5.74) is 3.86. The van der Waals surface area contributed by atoms with Crippen LogP contribution in [0.25, 0.3) is 0 Å². The quantitative estimate of drug-likeness (QED) is 0.390. The molecule has 0 bridgehead atoms. The minimum atomic E-state index is -4.42. The number of nitrogens with one attached hydrogen (secondary N) is 4. The van der Waals surface area contributed by atoms with E-state index in [1.807, 2.05) is 0 Å². The average molecular weight is 487 g/mol. The Kier molecular flexibility index (Phi) is 7.91. The molecule has 0 aromatic rings. The van der Waals surface area contributed by atoms with Crippen LogP contribution in [0.2, 0.25) is 0 Å². The van der Waals surface area contributed by atoms with E-state index in [4.69, 9.17) is 0 Å². The van der Waals surface area contributed by atoms with Crippen LogP contribution in [0.5, 0.6) is 0 Å². The van der Waals surface area contributed by atoms with Gasteiger partial charge in [-0.25, -0.2) is 5.01 Å². The lowest BCUT2D eigenvalue weighted by atomic mass is 9.81. The molecule has 190 valence electrons. The summed E-state index contributed by atoms with van der Waals surface area (Å²) in [6, 6.07) is 1.08. The van der Waals surface area contributed by atoms with Crippen LogP contribution in [0.3, 0.4) is 0 Å². The van der Waals surface area contributed by atoms with Gasteiger partial charge in [0.25, 0.3) is 0 Å². The Morgan fingerprint density at radius 2 is 1.79 bits per heavy atom. The summed E-state index contributed by atoms with van der Waals surface area (Å²) in [4.78, 5) is 2.15. The van der Waals surface area contributed by atoms with Crippen molar-refractivity contribution in [2.24, 2.45) is 17.8 Å². The minimum Gasteiger partial charge on any atom is -0.316 e. The van der Waals surface area contributed by atoms with Gasteiger partial charge in [0.15, 0.2) is 0 Å². The number of rotatable bonds is 7. The smallest absolute Gasteiger partial charge is 0.303 e. The Hall–Kier alpha value is -0.360. The lowest BCUT2D eigenvalue weighted by Gasteiger charge is -2.46. The molecule has 0 radical (unpaired) electrons. The average Bonchev–Trinajstić information content (AvgIpc) is 3.44. The zero-order valence-electron chi connectivity index (χ0n) is 19.9. The zero-order chi connectivity index (χ0) is 22.8. The molecule has 4 saturated heterocycles. The minimum absolute atomic E-state index is 0.285. The molecular formula is C23H43FN6O2S. The molecule has 5 fully saturated rings. The van der Waals surface area contributed by atoms with E-state index in [2.05, 4.69) is 31.3 Å². The van der Waals surface area contributed by atoms with Gasteiger partial charge in [-0.3, -0.25) is 16.1 Å². The molecule has 5 rings (SSSR count). The lowest BCUT2D eigenvalue weighted by molar-refractivity contribution is 0.0975. The first-order chi connectivity index (χ1) is 15.9. The standard InChI is InChI=1S/C23H43FN6O2S/c24-33(31,32)12-11-29-15-19-21(16-29)26-23(18-6-2-1-3-7-18)27-22(19)20-8-10-30(28-20)14-17-5-4-9-25-13-17/h17-23,25-28H,1-16H2. The van der Waals surface area contributed by atoms with Crippen molar-refractivity contribution in [3.8, 4) is 0 Å². The summed E-state index contributed by atoms with van der Waals surface area (Å²) in [5.74, 6) is 1.38. The summed E-state index contributed by atoms with van der Waals surface area (Å²) >= 11 is 0. The van der Waals surface area contributed by atoms with E-state index >= 15 is 0 Å². The zero-order valence-corrected chi connectivity index (χ0v) is 20.7. The Bertz CT molecular complexity index is 745. The first kappa shape index (κ1) is 24.3. The van der Waals surface area contributed by atoms with E-state index in [-0.39, 0.29) is 6.54 Å². The fraction of sp³-hybridized carbons (Fsp3) is 1.00. The van der Waals surface area contributed by atoms with Crippen molar-refractivity contribution in [3.63, 3.8) is 0 Å². The third-order valence-electron chi connectivity index (χ3n) is 8.81. The summed E-state index contributed by atoms with van der Waals surface area (Å²) in [5, 5.41) is 13.9. The number of fused-ring (bicyclic) bond motifs is 1.